The quantitative estimate of drug-likeness (QED) is 0.489. The molecular formula is C13H11BrClN3O2. The van der Waals surface area contributed by atoms with E-state index in [9.17, 15) is 10.1 Å². The molecule has 0 aliphatic rings. The summed E-state index contributed by atoms with van der Waals surface area (Å²) in [6.07, 6.45) is 0. The Bertz CT molecular complexity index is 668. The molecule has 7 heteroatoms. The van der Waals surface area contributed by atoms with Crippen LogP contribution in [0.15, 0.2) is 28.7 Å². The molecule has 20 heavy (non-hydrogen) atoms. The van der Waals surface area contributed by atoms with Gasteiger partial charge in [0.1, 0.15) is 11.0 Å². The predicted octanol–water partition coefficient (Wildman–Crippen LogP) is 4.77. The molecule has 0 spiro atoms. The molecule has 1 aromatic heterocycles. The smallest absolute Gasteiger partial charge is 0.276 e. The lowest BCUT2D eigenvalue weighted by Crippen LogP contribution is -1.97. The molecule has 0 aliphatic heterocycles. The first kappa shape index (κ1) is 14.7. The topological polar surface area (TPSA) is 68.1 Å². The van der Waals surface area contributed by atoms with E-state index in [1.165, 1.54) is 12.1 Å². The molecule has 1 aromatic carbocycles. The molecule has 0 saturated carbocycles. The minimum absolute atomic E-state index is 0.0762. The van der Waals surface area contributed by atoms with E-state index < -0.39 is 4.92 Å². The van der Waals surface area contributed by atoms with Crippen molar-refractivity contribution in [3.63, 3.8) is 0 Å². The van der Waals surface area contributed by atoms with Crippen molar-refractivity contribution >= 4 is 44.7 Å². The fourth-order valence-electron chi connectivity index (χ4n) is 1.82. The standard InChI is InChI=1S/C13H11BrClN3O2/c1-7-3-9(4-8(2)13(7)14)16-12-6-10(18(19)20)5-11(15)17-12/h3-6H,1-2H3,(H,16,17). The van der Waals surface area contributed by atoms with E-state index in [1.54, 1.807) is 0 Å². The maximum absolute atomic E-state index is 10.8. The average molecular weight is 357 g/mol. The van der Waals surface area contributed by atoms with Crippen LogP contribution in [0.5, 0.6) is 0 Å². The number of aromatic nitrogens is 1. The molecule has 0 unspecified atom stereocenters. The maximum atomic E-state index is 10.8. The Morgan fingerprint density at radius 2 is 1.85 bits per heavy atom. The summed E-state index contributed by atoms with van der Waals surface area (Å²) in [7, 11) is 0. The van der Waals surface area contributed by atoms with Gasteiger partial charge < -0.3 is 5.32 Å². The van der Waals surface area contributed by atoms with E-state index in [0.29, 0.717) is 5.82 Å². The van der Waals surface area contributed by atoms with Gasteiger partial charge in [-0.1, -0.05) is 27.5 Å². The van der Waals surface area contributed by atoms with Crippen LogP contribution in [0, 0.1) is 24.0 Å². The van der Waals surface area contributed by atoms with Crippen LogP contribution in [0.2, 0.25) is 5.15 Å². The SMILES string of the molecule is Cc1cc(Nc2cc([N+](=O)[O-])cc(Cl)n2)cc(C)c1Br. The summed E-state index contributed by atoms with van der Waals surface area (Å²) in [6, 6.07) is 6.40. The average Bonchev–Trinajstić information content (AvgIpc) is 2.35. The van der Waals surface area contributed by atoms with Crippen molar-refractivity contribution in [3.8, 4) is 0 Å². The highest BCUT2D eigenvalue weighted by molar-refractivity contribution is 9.10. The molecule has 0 radical (unpaired) electrons. The van der Waals surface area contributed by atoms with Crippen LogP contribution in [0.25, 0.3) is 0 Å². The summed E-state index contributed by atoms with van der Waals surface area (Å²) < 4.78 is 1.04. The molecule has 0 aliphatic carbocycles. The van der Waals surface area contributed by atoms with E-state index >= 15 is 0 Å². The second kappa shape index (κ2) is 5.76. The normalized spacial score (nSPS) is 10.4. The van der Waals surface area contributed by atoms with Crippen molar-refractivity contribution in [1.82, 2.24) is 4.98 Å². The van der Waals surface area contributed by atoms with Crippen LogP contribution in [-0.4, -0.2) is 9.91 Å². The molecule has 0 saturated heterocycles. The predicted molar refractivity (Wildman–Crippen MR) is 82.8 cm³/mol. The molecule has 0 amide bonds. The van der Waals surface area contributed by atoms with Gasteiger partial charge in [-0.2, -0.15) is 0 Å². The first-order valence-electron chi connectivity index (χ1n) is 5.72. The van der Waals surface area contributed by atoms with Crippen LogP contribution < -0.4 is 5.32 Å². The largest absolute Gasteiger partial charge is 0.340 e. The summed E-state index contributed by atoms with van der Waals surface area (Å²) in [5.74, 6) is 0.338. The Balaban J connectivity index is 2.37. The summed E-state index contributed by atoms with van der Waals surface area (Å²) >= 11 is 9.27. The summed E-state index contributed by atoms with van der Waals surface area (Å²) in [5.41, 5.74) is 2.82. The third kappa shape index (κ3) is 3.26. The molecule has 1 heterocycles. The van der Waals surface area contributed by atoms with Crippen LogP contribution in [0.3, 0.4) is 0 Å². The van der Waals surface area contributed by atoms with Crippen LogP contribution in [0.4, 0.5) is 17.2 Å². The summed E-state index contributed by atoms with van der Waals surface area (Å²) in [6.45, 7) is 3.94. The Morgan fingerprint density at radius 3 is 2.40 bits per heavy atom. The van der Waals surface area contributed by atoms with Crippen LogP contribution in [0.1, 0.15) is 11.1 Å². The Hall–Kier alpha value is -1.66. The van der Waals surface area contributed by atoms with Crippen molar-refractivity contribution in [2.75, 3.05) is 5.32 Å². The molecule has 0 atom stereocenters. The maximum Gasteiger partial charge on any atom is 0.276 e. The molecule has 5 nitrogen and oxygen atoms in total. The fourth-order valence-corrected chi connectivity index (χ4v) is 2.25. The second-order valence-corrected chi connectivity index (χ2v) is 5.52. The summed E-state index contributed by atoms with van der Waals surface area (Å²) in [4.78, 5) is 14.3. The number of benzene rings is 1. The van der Waals surface area contributed by atoms with Crippen molar-refractivity contribution in [2.45, 2.75) is 13.8 Å². The highest BCUT2D eigenvalue weighted by Crippen LogP contribution is 2.28. The van der Waals surface area contributed by atoms with Gasteiger partial charge >= 0.3 is 0 Å². The number of aryl methyl sites for hydroxylation is 2. The minimum atomic E-state index is -0.503. The van der Waals surface area contributed by atoms with Gasteiger partial charge in [0, 0.05) is 10.2 Å². The molecule has 1 N–H and O–H groups in total. The fraction of sp³-hybridized carbons (Fsp3) is 0.154. The molecule has 0 bridgehead atoms. The highest BCUT2D eigenvalue weighted by Gasteiger charge is 2.11. The van der Waals surface area contributed by atoms with Crippen LogP contribution >= 0.6 is 27.5 Å². The van der Waals surface area contributed by atoms with Gasteiger partial charge in [0.05, 0.1) is 17.1 Å². The van der Waals surface area contributed by atoms with Crippen molar-refractivity contribution in [3.05, 3.63) is 55.1 Å². The van der Waals surface area contributed by atoms with E-state index in [0.717, 1.165) is 21.3 Å². The number of nitrogens with zero attached hydrogens (tertiary/aromatic N) is 2. The Morgan fingerprint density at radius 1 is 1.25 bits per heavy atom. The van der Waals surface area contributed by atoms with Gasteiger partial charge in [-0.25, -0.2) is 4.98 Å². The zero-order valence-electron chi connectivity index (χ0n) is 10.8. The van der Waals surface area contributed by atoms with Gasteiger partial charge in [0.2, 0.25) is 0 Å². The van der Waals surface area contributed by atoms with E-state index in [2.05, 4.69) is 26.2 Å². The van der Waals surface area contributed by atoms with Gasteiger partial charge in [0.15, 0.2) is 0 Å². The monoisotopic (exact) mass is 355 g/mol. The molecular weight excluding hydrogens is 346 g/mol. The lowest BCUT2D eigenvalue weighted by atomic mass is 10.1. The number of anilines is 2. The third-order valence-electron chi connectivity index (χ3n) is 2.70. The first-order valence-corrected chi connectivity index (χ1v) is 6.89. The number of hydrogen-bond donors (Lipinski definition) is 1. The minimum Gasteiger partial charge on any atom is -0.340 e. The summed E-state index contributed by atoms with van der Waals surface area (Å²) in [5, 5.41) is 13.9. The number of halogens is 2. The van der Waals surface area contributed by atoms with Crippen molar-refractivity contribution in [2.24, 2.45) is 0 Å². The number of pyridine rings is 1. The molecule has 104 valence electrons. The number of rotatable bonds is 3. The zero-order chi connectivity index (χ0) is 14.9. The Labute approximate surface area is 129 Å². The lowest BCUT2D eigenvalue weighted by molar-refractivity contribution is -0.384. The molecule has 2 aromatic rings. The van der Waals surface area contributed by atoms with E-state index in [1.807, 2.05) is 26.0 Å². The number of hydrogen-bond acceptors (Lipinski definition) is 4. The lowest BCUT2D eigenvalue weighted by Gasteiger charge is -2.10. The molecule has 2 rings (SSSR count). The zero-order valence-corrected chi connectivity index (χ0v) is 13.1. The highest BCUT2D eigenvalue weighted by atomic mass is 79.9. The number of nitrogens with one attached hydrogen (secondary N) is 1. The molecule has 0 fully saturated rings. The van der Waals surface area contributed by atoms with E-state index in [4.69, 9.17) is 11.6 Å². The van der Waals surface area contributed by atoms with Crippen molar-refractivity contribution in [1.29, 1.82) is 0 Å². The van der Waals surface area contributed by atoms with Gasteiger partial charge in [0.25, 0.3) is 5.69 Å². The first-order chi connectivity index (χ1) is 9.36. The third-order valence-corrected chi connectivity index (χ3v) is 4.14. The van der Waals surface area contributed by atoms with Gasteiger partial charge in [-0.05, 0) is 37.1 Å². The van der Waals surface area contributed by atoms with Gasteiger partial charge in [-0.15, -0.1) is 0 Å². The van der Waals surface area contributed by atoms with Gasteiger partial charge in [-0.3, -0.25) is 10.1 Å². The van der Waals surface area contributed by atoms with Crippen molar-refractivity contribution < 1.29 is 4.92 Å². The number of nitro groups is 1. The van der Waals surface area contributed by atoms with E-state index in [-0.39, 0.29) is 10.8 Å². The second-order valence-electron chi connectivity index (χ2n) is 4.34. The van der Waals surface area contributed by atoms with Crippen LogP contribution in [-0.2, 0) is 0 Å². The Kier molecular flexibility index (Phi) is 4.25.